The molecule has 0 aromatic carbocycles. The lowest BCUT2D eigenvalue weighted by atomic mass is 10.1. The van der Waals surface area contributed by atoms with E-state index >= 15 is 0 Å². The van der Waals surface area contributed by atoms with Gasteiger partial charge in [0.25, 0.3) is 5.56 Å². The SMILES string of the molecule is O=c1[nH]c2n[n+]([O-])cc(Br)c2c2c1CCC2. The standard InChI is InChI=1S/C10H8BrN3O2/c11-7-4-14(16)13-9-8(7)5-2-1-3-6(5)10(15)12-9/h4H,1-3H2,(H,12,13,15). The summed E-state index contributed by atoms with van der Waals surface area (Å²) >= 11 is 3.34. The van der Waals surface area contributed by atoms with Crippen LogP contribution in [0.5, 0.6) is 0 Å². The van der Waals surface area contributed by atoms with Gasteiger partial charge in [-0.1, -0.05) is 4.85 Å². The molecule has 1 aliphatic rings. The number of halogens is 1. The molecule has 16 heavy (non-hydrogen) atoms. The minimum absolute atomic E-state index is 0.120. The van der Waals surface area contributed by atoms with Gasteiger partial charge in [0.1, 0.15) is 0 Å². The third kappa shape index (κ3) is 1.26. The van der Waals surface area contributed by atoms with E-state index in [-0.39, 0.29) is 5.56 Å². The van der Waals surface area contributed by atoms with Gasteiger partial charge in [-0.25, -0.2) is 0 Å². The molecule has 3 rings (SSSR count). The summed E-state index contributed by atoms with van der Waals surface area (Å²) in [5.41, 5.74) is 2.10. The summed E-state index contributed by atoms with van der Waals surface area (Å²) in [6.07, 6.45) is 4.02. The van der Waals surface area contributed by atoms with Crippen LogP contribution in [0.2, 0.25) is 0 Å². The number of aromatic nitrogens is 3. The summed E-state index contributed by atoms with van der Waals surface area (Å²) in [7, 11) is 0. The zero-order chi connectivity index (χ0) is 11.3. The number of aryl methyl sites for hydroxylation is 1. The van der Waals surface area contributed by atoms with Gasteiger partial charge in [-0.15, -0.1) is 0 Å². The van der Waals surface area contributed by atoms with Crippen molar-refractivity contribution in [2.45, 2.75) is 19.3 Å². The molecule has 1 aliphatic carbocycles. The molecular weight excluding hydrogens is 274 g/mol. The third-order valence-corrected chi connectivity index (χ3v) is 3.52. The van der Waals surface area contributed by atoms with Crippen molar-refractivity contribution in [3.63, 3.8) is 0 Å². The summed E-state index contributed by atoms with van der Waals surface area (Å²) in [5.74, 6) is 0. The maximum absolute atomic E-state index is 11.7. The smallest absolute Gasteiger partial charge is 0.253 e. The first-order valence-electron chi connectivity index (χ1n) is 5.00. The molecule has 0 unspecified atom stereocenters. The normalized spacial score (nSPS) is 14.3. The molecule has 2 aromatic heterocycles. The minimum atomic E-state index is -0.120. The van der Waals surface area contributed by atoms with Crippen LogP contribution < -0.4 is 10.4 Å². The van der Waals surface area contributed by atoms with Gasteiger partial charge in [0.15, 0.2) is 0 Å². The van der Waals surface area contributed by atoms with Crippen molar-refractivity contribution in [1.82, 2.24) is 10.1 Å². The van der Waals surface area contributed by atoms with Gasteiger partial charge < -0.3 is 10.2 Å². The molecule has 5 nitrogen and oxygen atoms in total. The average Bonchev–Trinajstić information content (AvgIpc) is 2.65. The van der Waals surface area contributed by atoms with Crippen LogP contribution in [0.3, 0.4) is 0 Å². The van der Waals surface area contributed by atoms with Crippen molar-refractivity contribution in [3.05, 3.63) is 37.4 Å². The fourth-order valence-corrected chi connectivity index (χ4v) is 2.88. The highest BCUT2D eigenvalue weighted by atomic mass is 79.9. The van der Waals surface area contributed by atoms with Crippen molar-refractivity contribution in [3.8, 4) is 0 Å². The molecule has 0 saturated heterocycles. The topological polar surface area (TPSA) is 72.7 Å². The fourth-order valence-electron chi connectivity index (χ4n) is 2.28. The van der Waals surface area contributed by atoms with E-state index in [1.807, 2.05) is 0 Å². The highest BCUT2D eigenvalue weighted by molar-refractivity contribution is 9.10. The van der Waals surface area contributed by atoms with Gasteiger partial charge >= 0.3 is 0 Å². The van der Waals surface area contributed by atoms with Crippen LogP contribution in [0.25, 0.3) is 11.0 Å². The van der Waals surface area contributed by atoms with Crippen LogP contribution >= 0.6 is 15.9 Å². The van der Waals surface area contributed by atoms with Gasteiger partial charge in [-0.05, 0) is 40.8 Å². The lowest BCUT2D eigenvalue weighted by Crippen LogP contribution is -2.31. The second-order valence-corrected chi connectivity index (χ2v) is 4.72. The number of aromatic amines is 1. The Bertz CT molecular complexity index is 651. The Morgan fingerprint density at radius 2 is 2.19 bits per heavy atom. The van der Waals surface area contributed by atoms with Crippen LogP contribution in [0.4, 0.5) is 0 Å². The molecule has 2 heterocycles. The molecule has 0 amide bonds. The summed E-state index contributed by atoms with van der Waals surface area (Å²) < 4.78 is 0.682. The first-order valence-corrected chi connectivity index (χ1v) is 5.80. The Kier molecular flexibility index (Phi) is 2.00. The largest absolute Gasteiger partial charge is 0.594 e. The van der Waals surface area contributed by atoms with Crippen LogP contribution in [0.1, 0.15) is 17.5 Å². The highest BCUT2D eigenvalue weighted by Gasteiger charge is 2.21. The Morgan fingerprint density at radius 1 is 1.44 bits per heavy atom. The van der Waals surface area contributed by atoms with Crippen LogP contribution in [-0.2, 0) is 12.8 Å². The van der Waals surface area contributed by atoms with Crippen LogP contribution in [0.15, 0.2) is 15.5 Å². The van der Waals surface area contributed by atoms with E-state index in [9.17, 15) is 10.0 Å². The Hall–Kier alpha value is -1.43. The first kappa shape index (κ1) is 9.77. The summed E-state index contributed by atoms with van der Waals surface area (Å²) in [4.78, 5) is 14.8. The Balaban J connectivity index is 2.53. The predicted molar refractivity (Wildman–Crippen MR) is 61.0 cm³/mol. The summed E-state index contributed by atoms with van der Waals surface area (Å²) in [6.45, 7) is 0. The average molecular weight is 282 g/mol. The fraction of sp³-hybridized carbons (Fsp3) is 0.300. The van der Waals surface area contributed by atoms with Crippen LogP contribution in [0, 0.1) is 5.21 Å². The van der Waals surface area contributed by atoms with E-state index < -0.39 is 0 Å². The Labute approximate surface area is 98.8 Å². The van der Waals surface area contributed by atoms with Crippen molar-refractivity contribution in [2.24, 2.45) is 0 Å². The van der Waals surface area contributed by atoms with E-state index in [1.54, 1.807) is 0 Å². The molecule has 0 radical (unpaired) electrons. The van der Waals surface area contributed by atoms with E-state index in [4.69, 9.17) is 0 Å². The monoisotopic (exact) mass is 281 g/mol. The quantitative estimate of drug-likeness (QED) is 0.574. The number of H-pyrrole nitrogens is 1. The maximum atomic E-state index is 11.7. The molecule has 2 aromatic rings. The van der Waals surface area contributed by atoms with Gasteiger partial charge in [-0.3, -0.25) is 4.79 Å². The van der Waals surface area contributed by atoms with Crippen LogP contribution in [-0.4, -0.2) is 10.1 Å². The number of nitrogens with zero attached hydrogens (tertiary/aromatic N) is 2. The van der Waals surface area contributed by atoms with E-state index in [0.717, 1.165) is 35.8 Å². The van der Waals surface area contributed by atoms with Gasteiger partial charge in [-0.2, -0.15) is 0 Å². The minimum Gasteiger partial charge on any atom is -0.594 e. The summed E-state index contributed by atoms with van der Waals surface area (Å²) in [6, 6.07) is 0. The molecule has 1 N–H and O–H groups in total. The third-order valence-electron chi connectivity index (χ3n) is 2.92. The first-order chi connectivity index (χ1) is 7.66. The molecular formula is C10H8BrN3O2. The number of rotatable bonds is 0. The van der Waals surface area contributed by atoms with E-state index in [2.05, 4.69) is 26.0 Å². The summed E-state index contributed by atoms with van der Waals surface area (Å²) in [5, 5.41) is 15.8. The molecule has 0 saturated carbocycles. The highest BCUT2D eigenvalue weighted by Crippen LogP contribution is 2.29. The van der Waals surface area contributed by atoms with E-state index in [0.29, 0.717) is 15.0 Å². The molecule has 0 spiro atoms. The number of hydrogen-bond donors (Lipinski definition) is 1. The number of hydrogen-bond acceptors (Lipinski definition) is 3. The van der Waals surface area contributed by atoms with Crippen molar-refractivity contribution in [1.29, 1.82) is 0 Å². The van der Waals surface area contributed by atoms with Gasteiger partial charge in [0, 0.05) is 16.0 Å². The molecule has 0 fully saturated rings. The van der Waals surface area contributed by atoms with Crippen molar-refractivity contribution in [2.75, 3.05) is 0 Å². The lowest BCUT2D eigenvalue weighted by molar-refractivity contribution is -0.667. The number of fused-ring (bicyclic) bond motifs is 3. The predicted octanol–water partition coefficient (Wildman–Crippen LogP) is 0.808. The molecule has 82 valence electrons. The second kappa shape index (κ2) is 3.28. The molecule has 0 bridgehead atoms. The zero-order valence-electron chi connectivity index (χ0n) is 8.29. The number of nitrogens with one attached hydrogen (secondary N) is 1. The number of pyridine rings is 1. The molecule has 0 atom stereocenters. The van der Waals surface area contributed by atoms with Gasteiger partial charge in [0.2, 0.25) is 11.8 Å². The maximum Gasteiger partial charge on any atom is 0.253 e. The molecule has 0 aliphatic heterocycles. The molecule has 6 heteroatoms. The lowest BCUT2D eigenvalue weighted by Gasteiger charge is -2.04. The second-order valence-electron chi connectivity index (χ2n) is 3.87. The van der Waals surface area contributed by atoms with Gasteiger partial charge in [0.05, 0.1) is 4.47 Å². The van der Waals surface area contributed by atoms with E-state index in [1.165, 1.54) is 6.20 Å². The Morgan fingerprint density at radius 3 is 3.00 bits per heavy atom. The van der Waals surface area contributed by atoms with Crippen molar-refractivity contribution < 1.29 is 4.85 Å². The zero-order valence-corrected chi connectivity index (χ0v) is 9.87. The van der Waals surface area contributed by atoms with Crippen molar-refractivity contribution >= 4 is 27.0 Å².